The Morgan fingerprint density at radius 2 is 2.13 bits per heavy atom. The molecule has 2 rings (SSSR count). The lowest BCUT2D eigenvalue weighted by molar-refractivity contribution is -0.122. The number of benzene rings is 1. The van der Waals surface area contributed by atoms with E-state index in [0.29, 0.717) is 17.4 Å². The molecule has 1 fully saturated rings. The molecule has 1 heterocycles. The molecule has 0 aliphatic carbocycles. The van der Waals surface area contributed by atoms with E-state index < -0.39 is 5.25 Å². The van der Waals surface area contributed by atoms with Crippen LogP contribution in [0.3, 0.4) is 0 Å². The maximum absolute atomic E-state index is 12.1. The second-order valence-corrected chi connectivity index (χ2v) is 6.31. The van der Waals surface area contributed by atoms with Crippen molar-refractivity contribution in [1.82, 2.24) is 5.32 Å². The zero-order valence-corrected chi connectivity index (χ0v) is 14.1. The molecule has 23 heavy (non-hydrogen) atoms. The Hall–Kier alpha value is -2.02. The number of anilines is 1. The topological polar surface area (TPSA) is 79.8 Å². The molecule has 0 aromatic heterocycles. The van der Waals surface area contributed by atoms with Crippen molar-refractivity contribution < 1.29 is 14.3 Å². The van der Waals surface area contributed by atoms with Gasteiger partial charge in [-0.05, 0) is 30.7 Å². The quantitative estimate of drug-likeness (QED) is 0.750. The molecule has 124 valence electrons. The number of aliphatic imine (C=N–C) groups is 1. The molecular weight excluding hydrogens is 314 g/mol. The lowest BCUT2D eigenvalue weighted by atomic mass is 10.2. The minimum atomic E-state index is -0.423. The van der Waals surface area contributed by atoms with Crippen LogP contribution in [-0.2, 0) is 9.59 Å². The van der Waals surface area contributed by atoms with E-state index in [9.17, 15) is 9.59 Å². The van der Waals surface area contributed by atoms with Crippen LogP contribution in [0.15, 0.2) is 29.3 Å². The second-order valence-electron chi connectivity index (χ2n) is 5.12. The number of nitrogens with one attached hydrogen (secondary N) is 2. The Bertz CT molecular complexity index is 587. The summed E-state index contributed by atoms with van der Waals surface area (Å²) in [6.07, 6.45) is 2.17. The number of unbranched alkanes of at least 4 members (excludes halogenated alkanes) is 1. The summed E-state index contributed by atoms with van der Waals surface area (Å²) in [5.41, 5.74) is 0.677. The number of rotatable bonds is 7. The van der Waals surface area contributed by atoms with E-state index in [0.717, 1.165) is 18.6 Å². The van der Waals surface area contributed by atoms with Crippen LogP contribution in [0.25, 0.3) is 0 Å². The van der Waals surface area contributed by atoms with E-state index in [1.807, 2.05) is 0 Å². The van der Waals surface area contributed by atoms with Gasteiger partial charge in [0.1, 0.15) is 11.0 Å². The highest BCUT2D eigenvalue weighted by Crippen LogP contribution is 2.23. The van der Waals surface area contributed by atoms with E-state index >= 15 is 0 Å². The molecule has 7 heteroatoms. The van der Waals surface area contributed by atoms with Crippen molar-refractivity contribution in [2.24, 2.45) is 4.99 Å². The Morgan fingerprint density at radius 3 is 2.78 bits per heavy atom. The fraction of sp³-hybridized carbons (Fsp3) is 0.438. The van der Waals surface area contributed by atoms with Crippen LogP contribution < -0.4 is 15.4 Å². The Morgan fingerprint density at radius 1 is 1.39 bits per heavy atom. The van der Waals surface area contributed by atoms with Gasteiger partial charge in [-0.3, -0.25) is 14.6 Å². The molecule has 1 aromatic carbocycles. The summed E-state index contributed by atoms with van der Waals surface area (Å²) in [4.78, 5) is 28.3. The number of thioether (sulfide) groups is 1. The highest BCUT2D eigenvalue weighted by molar-refractivity contribution is 8.15. The predicted molar refractivity (Wildman–Crippen MR) is 93.0 cm³/mol. The van der Waals surface area contributed by atoms with Crippen LogP contribution in [0.4, 0.5) is 5.69 Å². The molecule has 0 saturated carbocycles. The van der Waals surface area contributed by atoms with Gasteiger partial charge in [0.15, 0.2) is 5.17 Å². The maximum atomic E-state index is 12.1. The third kappa shape index (κ3) is 5.28. The molecule has 2 amide bonds. The van der Waals surface area contributed by atoms with E-state index in [1.54, 1.807) is 31.4 Å². The molecule has 1 atom stereocenters. The molecule has 1 aliphatic rings. The monoisotopic (exact) mass is 335 g/mol. The number of hydrogen-bond acceptors (Lipinski definition) is 5. The molecule has 0 radical (unpaired) electrons. The summed E-state index contributed by atoms with van der Waals surface area (Å²) in [5.74, 6) is 0.370. The van der Waals surface area contributed by atoms with Gasteiger partial charge in [-0.1, -0.05) is 25.1 Å². The van der Waals surface area contributed by atoms with Gasteiger partial charge >= 0.3 is 0 Å². The number of nitrogens with zero attached hydrogens (tertiary/aromatic N) is 1. The van der Waals surface area contributed by atoms with Crippen LogP contribution in [-0.4, -0.2) is 35.9 Å². The lowest BCUT2D eigenvalue weighted by Gasteiger charge is -2.08. The highest BCUT2D eigenvalue weighted by Gasteiger charge is 2.31. The standard InChI is InChI=1S/C16H21N3O3S/c1-3-4-9-17-16-19-15(21)13(23-16)10-14(20)18-11-5-7-12(22-2)8-6-11/h5-8,13H,3-4,9-10H2,1-2H3,(H,18,20)(H,17,19,21)/t13-/m1/s1. The van der Waals surface area contributed by atoms with Crippen LogP contribution in [0, 0.1) is 0 Å². The highest BCUT2D eigenvalue weighted by atomic mass is 32.2. The zero-order chi connectivity index (χ0) is 16.7. The Labute approximate surface area is 140 Å². The molecule has 2 N–H and O–H groups in total. The van der Waals surface area contributed by atoms with E-state index in [-0.39, 0.29) is 18.2 Å². The van der Waals surface area contributed by atoms with Crippen LogP contribution >= 0.6 is 11.8 Å². The average molecular weight is 335 g/mol. The fourth-order valence-electron chi connectivity index (χ4n) is 2.01. The van der Waals surface area contributed by atoms with E-state index in [1.165, 1.54) is 11.8 Å². The van der Waals surface area contributed by atoms with Crippen molar-refractivity contribution in [3.05, 3.63) is 24.3 Å². The Kier molecular flexibility index (Phi) is 6.46. The second kappa shape index (κ2) is 8.57. The number of hydrogen-bond donors (Lipinski definition) is 2. The van der Waals surface area contributed by atoms with Gasteiger partial charge in [0.2, 0.25) is 11.8 Å². The van der Waals surface area contributed by atoms with Crippen molar-refractivity contribution in [3.8, 4) is 5.75 Å². The minimum Gasteiger partial charge on any atom is -0.497 e. The number of amides is 2. The molecule has 1 aromatic rings. The van der Waals surface area contributed by atoms with Gasteiger partial charge in [-0.25, -0.2) is 0 Å². The molecular formula is C16H21N3O3S. The summed E-state index contributed by atoms with van der Waals surface area (Å²) in [5, 5.41) is 5.70. The average Bonchev–Trinajstić information content (AvgIpc) is 2.88. The van der Waals surface area contributed by atoms with Gasteiger partial charge in [0, 0.05) is 18.7 Å². The van der Waals surface area contributed by atoms with E-state index in [4.69, 9.17) is 4.74 Å². The first-order valence-electron chi connectivity index (χ1n) is 7.58. The Balaban J connectivity index is 1.84. The number of methoxy groups -OCH3 is 1. The smallest absolute Gasteiger partial charge is 0.240 e. The van der Waals surface area contributed by atoms with Crippen molar-refractivity contribution in [3.63, 3.8) is 0 Å². The van der Waals surface area contributed by atoms with Crippen LogP contribution in [0.5, 0.6) is 5.75 Å². The van der Waals surface area contributed by atoms with Crippen LogP contribution in [0.2, 0.25) is 0 Å². The first-order chi connectivity index (χ1) is 11.1. The van der Waals surface area contributed by atoms with Gasteiger partial charge in [0.05, 0.1) is 7.11 Å². The molecule has 0 bridgehead atoms. The van der Waals surface area contributed by atoms with Crippen LogP contribution in [0.1, 0.15) is 26.2 Å². The third-order valence-electron chi connectivity index (χ3n) is 3.29. The lowest BCUT2D eigenvalue weighted by Crippen LogP contribution is -2.28. The molecule has 6 nitrogen and oxygen atoms in total. The molecule has 1 saturated heterocycles. The number of amidine groups is 1. The normalized spacial score (nSPS) is 18.8. The number of carbonyl (C=O) groups is 2. The fourth-order valence-corrected chi connectivity index (χ4v) is 3.00. The molecule has 0 spiro atoms. The van der Waals surface area contributed by atoms with E-state index in [2.05, 4.69) is 22.5 Å². The summed E-state index contributed by atoms with van der Waals surface area (Å²) in [6.45, 7) is 2.79. The van der Waals surface area contributed by atoms with Gasteiger partial charge < -0.3 is 15.4 Å². The molecule has 0 unspecified atom stereocenters. The predicted octanol–water partition coefficient (Wildman–Crippen LogP) is 2.41. The minimum absolute atomic E-state index is 0.120. The summed E-state index contributed by atoms with van der Waals surface area (Å²) in [7, 11) is 1.59. The number of carbonyl (C=O) groups excluding carboxylic acids is 2. The van der Waals surface area contributed by atoms with Crippen molar-refractivity contribution in [2.45, 2.75) is 31.4 Å². The van der Waals surface area contributed by atoms with Crippen molar-refractivity contribution >= 4 is 34.4 Å². The first kappa shape index (κ1) is 17.3. The molecule has 1 aliphatic heterocycles. The van der Waals surface area contributed by atoms with Crippen molar-refractivity contribution in [1.29, 1.82) is 0 Å². The largest absolute Gasteiger partial charge is 0.497 e. The first-order valence-corrected chi connectivity index (χ1v) is 8.46. The SMILES string of the molecule is CCCCN=C1NC(=O)[C@@H](CC(=O)Nc2ccc(OC)cc2)S1. The van der Waals surface area contributed by atoms with Crippen molar-refractivity contribution in [2.75, 3.05) is 19.0 Å². The maximum Gasteiger partial charge on any atom is 0.240 e. The third-order valence-corrected chi connectivity index (χ3v) is 4.41. The summed E-state index contributed by atoms with van der Waals surface area (Å²) >= 11 is 1.32. The summed E-state index contributed by atoms with van der Waals surface area (Å²) in [6, 6.07) is 7.06. The zero-order valence-electron chi connectivity index (χ0n) is 13.3. The number of ether oxygens (including phenoxy) is 1. The summed E-state index contributed by atoms with van der Waals surface area (Å²) < 4.78 is 5.07. The van der Waals surface area contributed by atoms with Gasteiger partial charge in [0.25, 0.3) is 0 Å². The van der Waals surface area contributed by atoms with Gasteiger partial charge in [-0.15, -0.1) is 0 Å². The van der Waals surface area contributed by atoms with Gasteiger partial charge in [-0.2, -0.15) is 0 Å².